The van der Waals surface area contributed by atoms with Gasteiger partial charge in [0.05, 0.1) is 18.0 Å². The molecule has 2 rings (SSSR count). The van der Waals surface area contributed by atoms with Crippen LogP contribution in [-0.2, 0) is 0 Å². The van der Waals surface area contributed by atoms with E-state index in [1.54, 1.807) is 6.20 Å². The first-order valence-corrected chi connectivity index (χ1v) is 4.78. The lowest BCUT2D eigenvalue weighted by atomic mass is 10.0. The van der Waals surface area contributed by atoms with Crippen molar-refractivity contribution in [1.82, 2.24) is 4.98 Å². The summed E-state index contributed by atoms with van der Waals surface area (Å²) >= 11 is 0. The number of nitriles is 1. The van der Waals surface area contributed by atoms with Crippen LogP contribution in [0.4, 0.5) is 0 Å². The summed E-state index contributed by atoms with van der Waals surface area (Å²) in [7, 11) is 0. The molecule has 0 aliphatic carbocycles. The summed E-state index contributed by atoms with van der Waals surface area (Å²) < 4.78 is 0. The van der Waals surface area contributed by atoms with Gasteiger partial charge < -0.3 is 5.73 Å². The maximum Gasteiger partial charge on any atom is 0.0702 e. The molecule has 0 spiro atoms. The molecule has 0 aliphatic rings. The summed E-state index contributed by atoms with van der Waals surface area (Å²) in [6.07, 6.45) is 2.10. The van der Waals surface area contributed by atoms with E-state index in [4.69, 9.17) is 11.0 Å². The van der Waals surface area contributed by atoms with Crippen LogP contribution in [0.5, 0.6) is 0 Å². The highest BCUT2D eigenvalue weighted by Gasteiger charge is 2.05. The summed E-state index contributed by atoms with van der Waals surface area (Å²) in [4.78, 5) is 4.22. The molecule has 74 valence electrons. The molecule has 0 saturated heterocycles. The lowest BCUT2D eigenvalue weighted by Crippen LogP contribution is -2.08. The standard InChI is InChI=1S/C12H11N3/c13-6-5-11(14)9-3-4-12-10(8-9)2-1-7-15-12/h1-4,7-8,11H,5,14H2/t11-/m1/s1. The fourth-order valence-electron chi connectivity index (χ4n) is 1.54. The molecule has 0 bridgehead atoms. The molecule has 1 atom stereocenters. The van der Waals surface area contributed by atoms with Gasteiger partial charge in [0.2, 0.25) is 0 Å². The Kier molecular flexibility index (Phi) is 2.61. The molecular formula is C12H11N3. The van der Waals surface area contributed by atoms with E-state index in [2.05, 4.69) is 11.1 Å². The third-order valence-corrected chi connectivity index (χ3v) is 2.37. The second kappa shape index (κ2) is 4.07. The number of fused-ring (bicyclic) bond motifs is 1. The monoisotopic (exact) mass is 197 g/mol. The van der Waals surface area contributed by atoms with Gasteiger partial charge in [-0.1, -0.05) is 12.1 Å². The Bertz CT molecular complexity index is 514. The van der Waals surface area contributed by atoms with E-state index < -0.39 is 0 Å². The summed E-state index contributed by atoms with van der Waals surface area (Å²) in [5.74, 6) is 0. The molecule has 15 heavy (non-hydrogen) atoms. The number of hydrogen-bond donors (Lipinski definition) is 1. The van der Waals surface area contributed by atoms with Crippen molar-refractivity contribution in [3.05, 3.63) is 42.1 Å². The Labute approximate surface area is 88.2 Å². The van der Waals surface area contributed by atoms with E-state index in [0.29, 0.717) is 6.42 Å². The van der Waals surface area contributed by atoms with Crippen molar-refractivity contribution in [1.29, 1.82) is 5.26 Å². The topological polar surface area (TPSA) is 62.7 Å². The quantitative estimate of drug-likeness (QED) is 0.802. The van der Waals surface area contributed by atoms with Crippen molar-refractivity contribution in [2.24, 2.45) is 5.73 Å². The Morgan fingerprint density at radius 1 is 1.40 bits per heavy atom. The molecule has 1 aromatic heterocycles. The van der Waals surface area contributed by atoms with Gasteiger partial charge in [-0.3, -0.25) is 4.98 Å². The maximum absolute atomic E-state index is 8.57. The highest BCUT2D eigenvalue weighted by atomic mass is 14.7. The van der Waals surface area contributed by atoms with Crippen LogP contribution >= 0.6 is 0 Å². The molecule has 3 heteroatoms. The first-order chi connectivity index (χ1) is 7.31. The van der Waals surface area contributed by atoms with E-state index in [-0.39, 0.29) is 6.04 Å². The van der Waals surface area contributed by atoms with Gasteiger partial charge in [-0.2, -0.15) is 5.26 Å². The summed E-state index contributed by atoms with van der Waals surface area (Å²) in [6.45, 7) is 0. The second-order valence-corrected chi connectivity index (χ2v) is 3.42. The third kappa shape index (κ3) is 1.95. The lowest BCUT2D eigenvalue weighted by Gasteiger charge is -2.08. The molecular weight excluding hydrogens is 186 g/mol. The zero-order chi connectivity index (χ0) is 10.7. The predicted octanol–water partition coefficient (Wildman–Crippen LogP) is 2.15. The number of aromatic nitrogens is 1. The molecule has 2 N–H and O–H groups in total. The first-order valence-electron chi connectivity index (χ1n) is 4.78. The van der Waals surface area contributed by atoms with Crippen LogP contribution in [-0.4, -0.2) is 4.98 Å². The lowest BCUT2D eigenvalue weighted by molar-refractivity contribution is 0.750. The average Bonchev–Trinajstić information content (AvgIpc) is 2.29. The van der Waals surface area contributed by atoms with Crippen molar-refractivity contribution in [3.63, 3.8) is 0 Å². The molecule has 1 aromatic carbocycles. The van der Waals surface area contributed by atoms with Crippen molar-refractivity contribution >= 4 is 10.9 Å². The molecule has 0 radical (unpaired) electrons. The van der Waals surface area contributed by atoms with Gasteiger partial charge in [0, 0.05) is 17.6 Å². The fraction of sp³-hybridized carbons (Fsp3) is 0.167. The molecule has 1 heterocycles. The SMILES string of the molecule is N#CC[C@@H](N)c1ccc2ncccc2c1. The average molecular weight is 197 g/mol. The number of benzene rings is 1. The zero-order valence-electron chi connectivity index (χ0n) is 8.22. The van der Waals surface area contributed by atoms with Gasteiger partial charge in [-0.05, 0) is 23.8 Å². The van der Waals surface area contributed by atoms with Gasteiger partial charge in [0.1, 0.15) is 0 Å². The van der Waals surface area contributed by atoms with Crippen molar-refractivity contribution in [3.8, 4) is 6.07 Å². The minimum Gasteiger partial charge on any atom is -0.323 e. The number of nitrogens with two attached hydrogens (primary N) is 1. The maximum atomic E-state index is 8.57. The third-order valence-electron chi connectivity index (χ3n) is 2.37. The van der Waals surface area contributed by atoms with Crippen molar-refractivity contribution in [2.45, 2.75) is 12.5 Å². The van der Waals surface area contributed by atoms with Crippen molar-refractivity contribution in [2.75, 3.05) is 0 Å². The number of nitrogens with zero attached hydrogens (tertiary/aromatic N) is 2. The summed E-state index contributed by atoms with van der Waals surface area (Å²) in [5, 5.41) is 9.63. The van der Waals surface area contributed by atoms with Crippen LogP contribution in [0.2, 0.25) is 0 Å². The van der Waals surface area contributed by atoms with Crippen molar-refractivity contribution < 1.29 is 0 Å². The van der Waals surface area contributed by atoms with Crippen LogP contribution in [0.1, 0.15) is 18.0 Å². The molecule has 0 amide bonds. The van der Waals surface area contributed by atoms with Gasteiger partial charge in [-0.25, -0.2) is 0 Å². The summed E-state index contributed by atoms with van der Waals surface area (Å²) in [5.41, 5.74) is 7.79. The smallest absolute Gasteiger partial charge is 0.0702 e. The highest BCUT2D eigenvalue weighted by Crippen LogP contribution is 2.19. The molecule has 0 saturated carbocycles. The molecule has 0 fully saturated rings. The van der Waals surface area contributed by atoms with Gasteiger partial charge in [0.25, 0.3) is 0 Å². The Morgan fingerprint density at radius 2 is 2.27 bits per heavy atom. The zero-order valence-corrected chi connectivity index (χ0v) is 8.22. The van der Waals surface area contributed by atoms with Crippen LogP contribution in [0.3, 0.4) is 0 Å². The predicted molar refractivity (Wildman–Crippen MR) is 58.9 cm³/mol. The highest BCUT2D eigenvalue weighted by molar-refractivity contribution is 5.79. The van der Waals surface area contributed by atoms with Crippen LogP contribution in [0.15, 0.2) is 36.5 Å². The normalized spacial score (nSPS) is 12.3. The number of pyridine rings is 1. The Hall–Kier alpha value is -1.92. The summed E-state index contributed by atoms with van der Waals surface area (Å²) in [6, 6.07) is 11.6. The van der Waals surface area contributed by atoms with Gasteiger partial charge >= 0.3 is 0 Å². The van der Waals surface area contributed by atoms with E-state index in [9.17, 15) is 0 Å². The molecule has 0 aliphatic heterocycles. The van der Waals surface area contributed by atoms with Crippen LogP contribution in [0, 0.1) is 11.3 Å². The molecule has 3 nitrogen and oxygen atoms in total. The van der Waals surface area contributed by atoms with E-state index in [1.807, 2.05) is 30.3 Å². The van der Waals surface area contributed by atoms with E-state index >= 15 is 0 Å². The number of hydrogen-bond acceptors (Lipinski definition) is 3. The van der Waals surface area contributed by atoms with Crippen LogP contribution < -0.4 is 5.73 Å². The Balaban J connectivity index is 2.43. The first kappa shape index (κ1) is 9.63. The van der Waals surface area contributed by atoms with E-state index in [0.717, 1.165) is 16.5 Å². The minimum atomic E-state index is -0.209. The fourth-order valence-corrected chi connectivity index (χ4v) is 1.54. The van der Waals surface area contributed by atoms with Gasteiger partial charge in [0.15, 0.2) is 0 Å². The largest absolute Gasteiger partial charge is 0.323 e. The molecule has 2 aromatic rings. The van der Waals surface area contributed by atoms with Crippen LogP contribution in [0.25, 0.3) is 10.9 Å². The minimum absolute atomic E-state index is 0.209. The molecule has 0 unspecified atom stereocenters. The van der Waals surface area contributed by atoms with E-state index in [1.165, 1.54) is 0 Å². The Morgan fingerprint density at radius 3 is 3.07 bits per heavy atom. The number of rotatable bonds is 2. The van der Waals surface area contributed by atoms with Gasteiger partial charge in [-0.15, -0.1) is 0 Å². The second-order valence-electron chi connectivity index (χ2n) is 3.42.